The molecule has 0 aliphatic heterocycles. The van der Waals surface area contributed by atoms with Crippen LogP contribution in [0.25, 0.3) is 0 Å². The summed E-state index contributed by atoms with van der Waals surface area (Å²) in [5.41, 5.74) is 2.34. The molecule has 0 aliphatic carbocycles. The van der Waals surface area contributed by atoms with Crippen LogP contribution in [0.5, 0.6) is 0 Å². The van der Waals surface area contributed by atoms with Crippen LogP contribution in [0.2, 0.25) is 0 Å². The van der Waals surface area contributed by atoms with Gasteiger partial charge in [0.15, 0.2) is 0 Å². The molecule has 6 heteroatoms. The maximum Gasteiger partial charge on any atom is 0.122 e. The standard InChI is InChI=1S/C14H20N2OS3/c1-4-13-15-11(8-19-13)6-18-7-12-9-20-14(16-12)10(3)17-5-2/h8-10H,4-7H2,1-3H3/t10-/m0/s1. The maximum atomic E-state index is 5.56. The van der Waals surface area contributed by atoms with E-state index in [2.05, 4.69) is 34.6 Å². The molecule has 0 amide bonds. The van der Waals surface area contributed by atoms with Crippen molar-refractivity contribution in [1.29, 1.82) is 0 Å². The Morgan fingerprint density at radius 1 is 1.15 bits per heavy atom. The first-order chi connectivity index (χ1) is 9.72. The lowest BCUT2D eigenvalue weighted by Crippen LogP contribution is -1.98. The van der Waals surface area contributed by atoms with Gasteiger partial charge in [0, 0.05) is 28.9 Å². The molecule has 2 heterocycles. The number of aryl methyl sites for hydroxylation is 1. The third-order valence-corrected chi connectivity index (χ3v) is 5.83. The van der Waals surface area contributed by atoms with Crippen LogP contribution >= 0.6 is 34.4 Å². The van der Waals surface area contributed by atoms with E-state index in [0.717, 1.165) is 35.2 Å². The van der Waals surface area contributed by atoms with Gasteiger partial charge < -0.3 is 4.74 Å². The number of aromatic nitrogens is 2. The number of nitrogens with zero attached hydrogens (tertiary/aromatic N) is 2. The normalized spacial score (nSPS) is 12.8. The van der Waals surface area contributed by atoms with Crippen molar-refractivity contribution in [3.8, 4) is 0 Å². The molecule has 0 aliphatic rings. The van der Waals surface area contributed by atoms with Crippen molar-refractivity contribution in [2.75, 3.05) is 6.61 Å². The monoisotopic (exact) mass is 328 g/mol. The second kappa shape index (κ2) is 8.12. The Balaban J connectivity index is 1.79. The molecule has 0 radical (unpaired) electrons. The van der Waals surface area contributed by atoms with Crippen LogP contribution in [0.3, 0.4) is 0 Å². The third kappa shape index (κ3) is 4.55. The fourth-order valence-corrected chi connectivity index (χ4v) is 4.33. The van der Waals surface area contributed by atoms with Gasteiger partial charge in [-0.25, -0.2) is 9.97 Å². The predicted molar refractivity (Wildman–Crippen MR) is 88.6 cm³/mol. The average molecular weight is 329 g/mol. The molecule has 110 valence electrons. The van der Waals surface area contributed by atoms with Gasteiger partial charge in [-0.2, -0.15) is 0 Å². The van der Waals surface area contributed by atoms with Gasteiger partial charge >= 0.3 is 0 Å². The Kier molecular flexibility index (Phi) is 6.48. The van der Waals surface area contributed by atoms with Crippen LogP contribution < -0.4 is 0 Å². The molecule has 0 N–H and O–H groups in total. The first kappa shape index (κ1) is 15.9. The average Bonchev–Trinajstić information content (AvgIpc) is 3.08. The van der Waals surface area contributed by atoms with Crippen LogP contribution in [0.1, 0.15) is 48.3 Å². The number of hydrogen-bond acceptors (Lipinski definition) is 6. The highest BCUT2D eigenvalue weighted by atomic mass is 32.2. The van der Waals surface area contributed by atoms with Crippen molar-refractivity contribution in [3.05, 3.63) is 32.2 Å². The minimum atomic E-state index is 0.106. The lowest BCUT2D eigenvalue weighted by Gasteiger charge is -2.06. The van der Waals surface area contributed by atoms with Crippen LogP contribution in [-0.4, -0.2) is 16.6 Å². The Hall–Kier alpha value is -0.430. The zero-order valence-electron chi connectivity index (χ0n) is 12.1. The Bertz CT molecular complexity index is 524. The first-order valence-electron chi connectivity index (χ1n) is 6.79. The third-order valence-electron chi connectivity index (χ3n) is 2.74. The molecule has 20 heavy (non-hydrogen) atoms. The zero-order chi connectivity index (χ0) is 14.4. The highest BCUT2D eigenvalue weighted by Gasteiger charge is 2.10. The second-order valence-corrected chi connectivity index (χ2v) is 7.17. The molecule has 2 aromatic heterocycles. The fourth-order valence-electron chi connectivity index (χ4n) is 1.73. The molecule has 2 aromatic rings. The Morgan fingerprint density at radius 2 is 1.85 bits per heavy atom. The maximum absolute atomic E-state index is 5.56. The number of rotatable bonds is 8. The number of thiazole rings is 2. The predicted octanol–water partition coefficient (Wildman–Crippen LogP) is 4.69. The number of thioether (sulfide) groups is 1. The summed E-state index contributed by atoms with van der Waals surface area (Å²) in [7, 11) is 0. The molecule has 0 saturated carbocycles. The minimum Gasteiger partial charge on any atom is -0.372 e. The summed E-state index contributed by atoms with van der Waals surface area (Å²) in [5.74, 6) is 1.90. The molecule has 0 spiro atoms. The SMILES string of the molecule is CCO[C@@H](C)c1nc(CSCc2csc(CC)n2)cs1. The summed E-state index contributed by atoms with van der Waals surface area (Å²) < 4.78 is 5.56. The van der Waals surface area contributed by atoms with Crippen molar-refractivity contribution in [2.45, 2.75) is 44.8 Å². The quantitative estimate of drug-likeness (QED) is 0.704. The van der Waals surface area contributed by atoms with Gasteiger partial charge in [-0.05, 0) is 20.3 Å². The molecular weight excluding hydrogens is 308 g/mol. The van der Waals surface area contributed by atoms with E-state index >= 15 is 0 Å². The summed E-state index contributed by atoms with van der Waals surface area (Å²) in [4.78, 5) is 9.21. The first-order valence-corrected chi connectivity index (χ1v) is 9.71. The van der Waals surface area contributed by atoms with Crippen molar-refractivity contribution in [1.82, 2.24) is 9.97 Å². The molecular formula is C14H20N2OS3. The molecule has 1 atom stereocenters. The van der Waals surface area contributed by atoms with E-state index < -0.39 is 0 Å². The van der Waals surface area contributed by atoms with Crippen LogP contribution in [0.4, 0.5) is 0 Å². The number of hydrogen-bond donors (Lipinski definition) is 0. The molecule has 0 unspecified atom stereocenters. The Morgan fingerprint density at radius 3 is 2.50 bits per heavy atom. The summed E-state index contributed by atoms with van der Waals surface area (Å²) in [6.45, 7) is 6.95. The fraction of sp³-hybridized carbons (Fsp3) is 0.571. The van der Waals surface area contributed by atoms with Gasteiger partial charge in [-0.1, -0.05) is 6.92 Å². The largest absolute Gasteiger partial charge is 0.372 e. The second-order valence-electron chi connectivity index (χ2n) is 4.35. The van der Waals surface area contributed by atoms with Crippen molar-refractivity contribution < 1.29 is 4.74 Å². The Labute approximate surface area is 132 Å². The molecule has 0 aromatic carbocycles. The molecule has 0 fully saturated rings. The van der Waals surface area contributed by atoms with Crippen LogP contribution in [-0.2, 0) is 22.7 Å². The van der Waals surface area contributed by atoms with E-state index in [-0.39, 0.29) is 6.10 Å². The van der Waals surface area contributed by atoms with Crippen LogP contribution in [0, 0.1) is 0 Å². The number of ether oxygens (including phenoxy) is 1. The highest BCUT2D eigenvalue weighted by molar-refractivity contribution is 7.97. The van der Waals surface area contributed by atoms with Crippen molar-refractivity contribution >= 4 is 34.4 Å². The summed E-state index contributed by atoms with van der Waals surface area (Å²) >= 11 is 5.31. The van der Waals surface area contributed by atoms with Gasteiger partial charge in [-0.15, -0.1) is 34.4 Å². The van der Waals surface area contributed by atoms with E-state index in [4.69, 9.17) is 4.74 Å². The van der Waals surface area contributed by atoms with E-state index in [0.29, 0.717) is 0 Å². The van der Waals surface area contributed by atoms with E-state index in [1.54, 1.807) is 22.7 Å². The van der Waals surface area contributed by atoms with Gasteiger partial charge in [-0.3, -0.25) is 0 Å². The van der Waals surface area contributed by atoms with Crippen molar-refractivity contribution in [3.63, 3.8) is 0 Å². The summed E-state index contributed by atoms with van der Waals surface area (Å²) in [6, 6.07) is 0. The summed E-state index contributed by atoms with van der Waals surface area (Å²) in [6.07, 6.45) is 1.13. The van der Waals surface area contributed by atoms with Gasteiger partial charge in [0.05, 0.1) is 16.4 Å². The molecule has 2 rings (SSSR count). The molecule has 3 nitrogen and oxygen atoms in total. The summed E-state index contributed by atoms with van der Waals surface area (Å²) in [5, 5.41) is 6.60. The minimum absolute atomic E-state index is 0.106. The van der Waals surface area contributed by atoms with Crippen molar-refractivity contribution in [2.24, 2.45) is 0 Å². The van der Waals surface area contributed by atoms with Gasteiger partial charge in [0.2, 0.25) is 0 Å². The molecule has 0 saturated heterocycles. The highest BCUT2D eigenvalue weighted by Crippen LogP contribution is 2.24. The van der Waals surface area contributed by atoms with Crippen LogP contribution in [0.15, 0.2) is 10.8 Å². The lowest BCUT2D eigenvalue weighted by molar-refractivity contribution is 0.0761. The van der Waals surface area contributed by atoms with E-state index in [9.17, 15) is 0 Å². The van der Waals surface area contributed by atoms with E-state index in [1.165, 1.54) is 10.7 Å². The smallest absolute Gasteiger partial charge is 0.122 e. The van der Waals surface area contributed by atoms with E-state index in [1.807, 2.05) is 18.7 Å². The lowest BCUT2D eigenvalue weighted by atomic mass is 10.4. The zero-order valence-corrected chi connectivity index (χ0v) is 14.5. The topological polar surface area (TPSA) is 35.0 Å². The molecule has 0 bridgehead atoms. The van der Waals surface area contributed by atoms with Gasteiger partial charge in [0.1, 0.15) is 11.1 Å². The van der Waals surface area contributed by atoms with Gasteiger partial charge in [0.25, 0.3) is 0 Å².